The van der Waals surface area contributed by atoms with Gasteiger partial charge in [0.2, 0.25) is 0 Å². The van der Waals surface area contributed by atoms with Crippen molar-refractivity contribution in [2.45, 2.75) is 39.3 Å². The minimum atomic E-state index is 0.164. The van der Waals surface area contributed by atoms with Crippen molar-refractivity contribution in [3.05, 3.63) is 83.6 Å². The van der Waals surface area contributed by atoms with E-state index in [1.165, 1.54) is 27.6 Å². The van der Waals surface area contributed by atoms with Gasteiger partial charge in [0, 0.05) is 17.4 Å². The Bertz CT molecular complexity index is 951. The van der Waals surface area contributed by atoms with Gasteiger partial charge in [-0.3, -0.25) is 0 Å². The molecule has 2 nitrogen and oxygen atoms in total. The molecule has 0 radical (unpaired) electrons. The number of hydrogen-bond acceptors (Lipinski definition) is 2. The van der Waals surface area contributed by atoms with E-state index in [4.69, 9.17) is 0 Å². The number of anilines is 1. The molecule has 4 rings (SSSR count). The summed E-state index contributed by atoms with van der Waals surface area (Å²) in [5.74, 6) is 0.675. The Labute approximate surface area is 162 Å². The van der Waals surface area contributed by atoms with Crippen molar-refractivity contribution in [2.24, 2.45) is 5.92 Å². The molecule has 0 spiro atoms. The summed E-state index contributed by atoms with van der Waals surface area (Å²) in [5.41, 5.74) is 4.98. The van der Waals surface area contributed by atoms with E-state index < -0.39 is 0 Å². The predicted octanol–water partition coefficient (Wildman–Crippen LogP) is 6.37. The SMILES string of the molecule is CC(C)CC(C)NC1C(Nc2ccccc2)=Cc2cccc3cccc1c23. The minimum absolute atomic E-state index is 0.164. The van der Waals surface area contributed by atoms with E-state index in [0.717, 1.165) is 12.1 Å². The maximum atomic E-state index is 3.89. The van der Waals surface area contributed by atoms with E-state index >= 15 is 0 Å². The Morgan fingerprint density at radius 1 is 0.852 bits per heavy atom. The summed E-state index contributed by atoms with van der Waals surface area (Å²) in [7, 11) is 0. The zero-order chi connectivity index (χ0) is 18.8. The van der Waals surface area contributed by atoms with E-state index in [9.17, 15) is 0 Å². The molecule has 138 valence electrons. The van der Waals surface area contributed by atoms with Gasteiger partial charge in [-0.15, -0.1) is 0 Å². The zero-order valence-corrected chi connectivity index (χ0v) is 16.4. The van der Waals surface area contributed by atoms with Crippen LogP contribution in [0.4, 0.5) is 5.69 Å². The molecule has 0 saturated carbocycles. The zero-order valence-electron chi connectivity index (χ0n) is 16.4. The quantitative estimate of drug-likeness (QED) is 0.536. The Kier molecular flexibility index (Phi) is 5.00. The fraction of sp³-hybridized carbons (Fsp3) is 0.280. The average Bonchev–Trinajstić information content (AvgIpc) is 2.65. The molecule has 1 aliphatic rings. The van der Waals surface area contributed by atoms with Gasteiger partial charge in [-0.1, -0.05) is 68.4 Å². The molecule has 27 heavy (non-hydrogen) atoms. The van der Waals surface area contributed by atoms with Crippen LogP contribution in [0, 0.1) is 5.92 Å². The Morgan fingerprint density at radius 3 is 2.33 bits per heavy atom. The van der Waals surface area contributed by atoms with Gasteiger partial charge in [-0.25, -0.2) is 0 Å². The Hall–Kier alpha value is -2.58. The topological polar surface area (TPSA) is 24.1 Å². The molecule has 0 heterocycles. The molecule has 2 heteroatoms. The molecular weight excluding hydrogens is 328 g/mol. The average molecular weight is 357 g/mol. The summed E-state index contributed by atoms with van der Waals surface area (Å²) in [6, 6.07) is 24.3. The van der Waals surface area contributed by atoms with Gasteiger partial charge in [-0.2, -0.15) is 0 Å². The third-order valence-electron chi connectivity index (χ3n) is 5.24. The highest BCUT2D eigenvalue weighted by Gasteiger charge is 2.26. The van der Waals surface area contributed by atoms with E-state index in [2.05, 4.69) is 104 Å². The van der Waals surface area contributed by atoms with Gasteiger partial charge in [0.05, 0.1) is 6.04 Å². The van der Waals surface area contributed by atoms with Crippen LogP contribution in [0.2, 0.25) is 0 Å². The lowest BCUT2D eigenvalue weighted by Crippen LogP contribution is -2.35. The summed E-state index contributed by atoms with van der Waals surface area (Å²) in [4.78, 5) is 0. The van der Waals surface area contributed by atoms with Crippen LogP contribution in [-0.2, 0) is 0 Å². The third-order valence-corrected chi connectivity index (χ3v) is 5.24. The van der Waals surface area contributed by atoms with E-state index in [1.54, 1.807) is 0 Å². The van der Waals surface area contributed by atoms with E-state index in [1.807, 2.05) is 0 Å². The van der Waals surface area contributed by atoms with Crippen molar-refractivity contribution in [3.8, 4) is 0 Å². The highest BCUT2D eigenvalue weighted by atomic mass is 15.0. The van der Waals surface area contributed by atoms with Crippen molar-refractivity contribution < 1.29 is 0 Å². The summed E-state index contributed by atoms with van der Waals surface area (Å²) in [6.45, 7) is 6.86. The summed E-state index contributed by atoms with van der Waals surface area (Å²) >= 11 is 0. The molecule has 0 aliphatic heterocycles. The summed E-state index contributed by atoms with van der Waals surface area (Å²) in [6.07, 6.45) is 3.47. The minimum Gasteiger partial charge on any atom is -0.357 e. The van der Waals surface area contributed by atoms with Gasteiger partial charge in [0.15, 0.2) is 0 Å². The molecule has 3 aromatic carbocycles. The van der Waals surface area contributed by atoms with Crippen LogP contribution in [-0.4, -0.2) is 6.04 Å². The normalized spacial score (nSPS) is 17.0. The Balaban J connectivity index is 1.76. The van der Waals surface area contributed by atoms with Crippen LogP contribution in [0.5, 0.6) is 0 Å². The first-order chi connectivity index (χ1) is 13.1. The highest BCUT2D eigenvalue weighted by molar-refractivity contribution is 5.96. The molecule has 0 amide bonds. The molecule has 2 N–H and O–H groups in total. The lowest BCUT2D eigenvalue weighted by atomic mass is 9.87. The van der Waals surface area contributed by atoms with Crippen LogP contribution >= 0.6 is 0 Å². The monoisotopic (exact) mass is 356 g/mol. The molecule has 0 aromatic heterocycles. The van der Waals surface area contributed by atoms with Crippen molar-refractivity contribution in [3.63, 3.8) is 0 Å². The van der Waals surface area contributed by atoms with E-state index in [-0.39, 0.29) is 6.04 Å². The van der Waals surface area contributed by atoms with Gasteiger partial charge >= 0.3 is 0 Å². The highest BCUT2D eigenvalue weighted by Crippen LogP contribution is 2.38. The van der Waals surface area contributed by atoms with Crippen molar-refractivity contribution in [2.75, 3.05) is 5.32 Å². The fourth-order valence-corrected chi connectivity index (χ4v) is 4.21. The molecule has 2 unspecified atom stereocenters. The maximum absolute atomic E-state index is 3.89. The number of rotatable bonds is 6. The number of hydrogen-bond donors (Lipinski definition) is 2. The number of para-hydroxylation sites is 1. The summed E-state index contributed by atoms with van der Waals surface area (Å²) in [5, 5.41) is 10.2. The molecule has 1 aliphatic carbocycles. The molecule has 0 saturated heterocycles. The predicted molar refractivity (Wildman–Crippen MR) is 117 cm³/mol. The first kappa shape index (κ1) is 17.8. The molecule has 3 aromatic rings. The van der Waals surface area contributed by atoms with Crippen molar-refractivity contribution in [1.29, 1.82) is 0 Å². The van der Waals surface area contributed by atoms with Crippen LogP contribution in [0.3, 0.4) is 0 Å². The lowest BCUT2D eigenvalue weighted by Gasteiger charge is -2.32. The standard InChI is InChI=1S/C25H28N2/c1-17(2)15-18(3)26-25-22-14-8-10-19-9-7-11-20(24(19)22)16-23(25)27-21-12-5-4-6-13-21/h4-14,16-18,25-27H,15H2,1-3H3. The number of nitrogens with one attached hydrogen (secondary N) is 2. The molecular formula is C25H28N2. The molecule has 2 atom stereocenters. The second-order valence-corrected chi connectivity index (χ2v) is 8.01. The number of benzene rings is 3. The van der Waals surface area contributed by atoms with Crippen LogP contribution in [0.25, 0.3) is 16.8 Å². The van der Waals surface area contributed by atoms with Gasteiger partial charge in [-0.05, 0) is 59.4 Å². The Morgan fingerprint density at radius 2 is 1.59 bits per heavy atom. The van der Waals surface area contributed by atoms with Gasteiger partial charge in [0.1, 0.15) is 0 Å². The second-order valence-electron chi connectivity index (χ2n) is 8.01. The van der Waals surface area contributed by atoms with Crippen LogP contribution in [0.15, 0.2) is 72.4 Å². The van der Waals surface area contributed by atoms with Crippen LogP contribution in [0.1, 0.15) is 44.4 Å². The lowest BCUT2D eigenvalue weighted by molar-refractivity contribution is 0.416. The van der Waals surface area contributed by atoms with Crippen LogP contribution < -0.4 is 10.6 Å². The second kappa shape index (κ2) is 7.58. The molecule has 0 bridgehead atoms. The largest absolute Gasteiger partial charge is 0.357 e. The third kappa shape index (κ3) is 3.77. The first-order valence-electron chi connectivity index (χ1n) is 9.93. The summed E-state index contributed by atoms with van der Waals surface area (Å²) < 4.78 is 0. The first-order valence-corrected chi connectivity index (χ1v) is 9.93. The van der Waals surface area contributed by atoms with E-state index in [0.29, 0.717) is 12.0 Å². The van der Waals surface area contributed by atoms with Gasteiger partial charge < -0.3 is 10.6 Å². The maximum Gasteiger partial charge on any atom is 0.0737 e. The van der Waals surface area contributed by atoms with Crippen molar-refractivity contribution >= 4 is 22.5 Å². The van der Waals surface area contributed by atoms with Gasteiger partial charge in [0.25, 0.3) is 0 Å². The smallest absolute Gasteiger partial charge is 0.0737 e. The molecule has 0 fully saturated rings. The van der Waals surface area contributed by atoms with Crippen molar-refractivity contribution in [1.82, 2.24) is 5.32 Å². The fourth-order valence-electron chi connectivity index (χ4n) is 4.21.